The molecule has 25 heavy (non-hydrogen) atoms. The number of quaternary nitrogens is 1. The van der Waals surface area contributed by atoms with Crippen LogP contribution >= 0.6 is 11.9 Å². The molecule has 0 amide bonds. The van der Waals surface area contributed by atoms with Crippen LogP contribution < -0.4 is 0 Å². The van der Waals surface area contributed by atoms with Crippen molar-refractivity contribution in [1.82, 2.24) is 0 Å². The molecule has 2 aromatic carbocycles. The van der Waals surface area contributed by atoms with Gasteiger partial charge in [-0.1, -0.05) is 24.3 Å². The van der Waals surface area contributed by atoms with Crippen LogP contribution in [0.15, 0.2) is 53.4 Å². The Bertz CT molecular complexity index is 848. The zero-order valence-electron chi connectivity index (χ0n) is 14.6. The Labute approximate surface area is 154 Å². The average molecular weight is 379 g/mol. The molecule has 0 aliphatic heterocycles. The highest BCUT2D eigenvalue weighted by Gasteiger charge is 2.35. The van der Waals surface area contributed by atoms with Crippen molar-refractivity contribution in [3.63, 3.8) is 0 Å². The Morgan fingerprint density at radius 1 is 1.12 bits per heavy atom. The molecule has 0 saturated heterocycles. The van der Waals surface area contributed by atoms with E-state index in [0.29, 0.717) is 20.6 Å². The fourth-order valence-electron chi connectivity index (χ4n) is 3.26. The van der Waals surface area contributed by atoms with Gasteiger partial charge in [0.2, 0.25) is 0 Å². The van der Waals surface area contributed by atoms with Crippen LogP contribution in [0.3, 0.4) is 0 Å². The van der Waals surface area contributed by atoms with Crippen molar-refractivity contribution >= 4 is 21.8 Å². The number of hydrogen-bond acceptors (Lipinski definition) is 4. The fraction of sp³-hybridized carbons (Fsp3) is 0.368. The molecule has 2 aromatic rings. The topological polar surface area (TPSA) is 54.4 Å². The minimum Gasteiger partial charge on any atom is -0.508 e. The standard InChI is InChI=1S/C19H23NO3S2/c1-20(2,24-14-25(22,23)19-6-4-3-5-7-19)17-10-8-15-9-11-18(21)13-16(15)12-17/h3-7,9,11,13,17H,8,10,12,14H2,1-2H3/p+1. The third-order valence-electron chi connectivity index (χ3n) is 4.91. The summed E-state index contributed by atoms with van der Waals surface area (Å²) in [6, 6.07) is 14.5. The van der Waals surface area contributed by atoms with Gasteiger partial charge in [-0.25, -0.2) is 8.42 Å². The summed E-state index contributed by atoms with van der Waals surface area (Å²) in [5, 5.41) is 9.79. The van der Waals surface area contributed by atoms with Crippen molar-refractivity contribution in [2.75, 3.05) is 19.2 Å². The smallest absolute Gasteiger partial charge is 0.193 e. The van der Waals surface area contributed by atoms with Crippen molar-refractivity contribution in [1.29, 1.82) is 0 Å². The third kappa shape index (κ3) is 4.19. The van der Waals surface area contributed by atoms with Crippen LogP contribution in [-0.4, -0.2) is 42.6 Å². The van der Waals surface area contributed by atoms with Crippen LogP contribution in [0.25, 0.3) is 0 Å². The number of phenols is 1. The largest absolute Gasteiger partial charge is 0.508 e. The van der Waals surface area contributed by atoms with Crippen molar-refractivity contribution in [3.8, 4) is 5.75 Å². The van der Waals surface area contributed by atoms with E-state index in [1.807, 2.05) is 18.2 Å². The minimum absolute atomic E-state index is 0.0629. The predicted octanol–water partition coefficient (Wildman–Crippen LogP) is 3.41. The van der Waals surface area contributed by atoms with E-state index in [9.17, 15) is 13.5 Å². The van der Waals surface area contributed by atoms with Crippen molar-refractivity contribution < 1.29 is 17.4 Å². The zero-order valence-corrected chi connectivity index (χ0v) is 16.2. The van der Waals surface area contributed by atoms with Crippen molar-refractivity contribution in [3.05, 3.63) is 59.7 Å². The normalized spacial score (nSPS) is 17.9. The molecule has 0 radical (unpaired) electrons. The molecule has 134 valence electrons. The lowest BCUT2D eigenvalue weighted by Gasteiger charge is -2.38. The SMILES string of the molecule is C[N+](C)(SCS(=O)(=O)c1ccccc1)C1CCc2ccc(O)cc2C1. The molecule has 0 fully saturated rings. The Balaban J connectivity index is 1.70. The summed E-state index contributed by atoms with van der Waals surface area (Å²) in [6.45, 7) is 0. The van der Waals surface area contributed by atoms with Gasteiger partial charge in [-0.05, 0) is 41.8 Å². The lowest BCUT2D eigenvalue weighted by molar-refractivity contribution is -0.781. The number of fused-ring (bicyclic) bond motifs is 1. The molecule has 1 aliphatic carbocycles. The lowest BCUT2D eigenvalue weighted by Crippen LogP contribution is -2.46. The minimum atomic E-state index is -3.29. The van der Waals surface area contributed by atoms with Gasteiger partial charge in [0.1, 0.15) is 11.8 Å². The van der Waals surface area contributed by atoms with Gasteiger partial charge in [0.25, 0.3) is 0 Å². The number of likely N-dealkylation sites (N-methyl/N-ethyl adjacent to an activating group) is 1. The summed E-state index contributed by atoms with van der Waals surface area (Å²) in [5.74, 6) is 0.295. The Morgan fingerprint density at radius 2 is 1.84 bits per heavy atom. The van der Waals surface area contributed by atoms with E-state index in [2.05, 4.69) is 14.1 Å². The maximum atomic E-state index is 12.5. The highest BCUT2D eigenvalue weighted by Crippen LogP contribution is 2.34. The molecule has 1 atom stereocenters. The molecular formula is C19H24NO3S2+. The third-order valence-corrected chi connectivity index (χ3v) is 8.53. The average Bonchev–Trinajstić information content (AvgIpc) is 2.60. The number of benzene rings is 2. The summed E-state index contributed by atoms with van der Waals surface area (Å²) >= 11 is 1.45. The van der Waals surface area contributed by atoms with Gasteiger partial charge >= 0.3 is 0 Å². The van der Waals surface area contributed by atoms with E-state index in [1.165, 1.54) is 23.1 Å². The van der Waals surface area contributed by atoms with E-state index >= 15 is 0 Å². The Hall–Kier alpha value is -1.50. The van der Waals surface area contributed by atoms with Crippen molar-refractivity contribution in [2.24, 2.45) is 0 Å². The van der Waals surface area contributed by atoms with Crippen LogP contribution in [0, 0.1) is 0 Å². The maximum absolute atomic E-state index is 12.5. The van der Waals surface area contributed by atoms with Gasteiger partial charge in [0.15, 0.2) is 14.9 Å². The summed E-state index contributed by atoms with van der Waals surface area (Å²) in [5.41, 5.74) is 2.46. The van der Waals surface area contributed by atoms with Gasteiger partial charge in [0, 0.05) is 12.8 Å². The zero-order chi connectivity index (χ0) is 18.1. The lowest BCUT2D eigenvalue weighted by atomic mass is 9.87. The molecule has 0 saturated carbocycles. The highest BCUT2D eigenvalue weighted by atomic mass is 32.3. The molecule has 0 bridgehead atoms. The van der Waals surface area contributed by atoms with Gasteiger partial charge in [-0.3, -0.25) is 3.89 Å². The first kappa shape index (κ1) is 18.3. The second-order valence-electron chi connectivity index (χ2n) is 6.96. The Kier molecular flexibility index (Phi) is 5.14. The van der Waals surface area contributed by atoms with Gasteiger partial charge in [0.05, 0.1) is 30.9 Å². The number of sulfone groups is 1. The van der Waals surface area contributed by atoms with Gasteiger partial charge in [-0.15, -0.1) is 0 Å². The second-order valence-corrected chi connectivity index (χ2v) is 10.8. The molecule has 0 aromatic heterocycles. The highest BCUT2D eigenvalue weighted by molar-refractivity contribution is 8.09. The first-order valence-electron chi connectivity index (χ1n) is 8.35. The summed E-state index contributed by atoms with van der Waals surface area (Å²) in [7, 11) is 0.854. The van der Waals surface area contributed by atoms with Crippen LogP contribution in [0.5, 0.6) is 5.75 Å². The molecule has 4 nitrogen and oxygen atoms in total. The van der Waals surface area contributed by atoms with Crippen LogP contribution in [-0.2, 0) is 22.7 Å². The molecule has 0 heterocycles. The number of aromatic hydroxyl groups is 1. The van der Waals surface area contributed by atoms with Crippen LogP contribution in [0.2, 0.25) is 0 Å². The van der Waals surface area contributed by atoms with Gasteiger partial charge in [-0.2, -0.15) is 0 Å². The molecule has 1 N–H and O–H groups in total. The van der Waals surface area contributed by atoms with E-state index in [4.69, 9.17) is 0 Å². The van der Waals surface area contributed by atoms with E-state index in [-0.39, 0.29) is 5.08 Å². The monoisotopic (exact) mass is 378 g/mol. The molecule has 6 heteroatoms. The quantitative estimate of drug-likeness (QED) is 0.640. The fourth-order valence-corrected chi connectivity index (χ4v) is 6.41. The summed E-state index contributed by atoms with van der Waals surface area (Å²) < 4.78 is 25.7. The molecule has 1 aliphatic rings. The van der Waals surface area contributed by atoms with E-state index in [1.54, 1.807) is 30.3 Å². The van der Waals surface area contributed by atoms with Crippen LogP contribution in [0.4, 0.5) is 0 Å². The number of hydrogen-bond donors (Lipinski definition) is 1. The number of nitrogens with zero attached hydrogens (tertiary/aromatic N) is 1. The molecule has 1 unspecified atom stereocenters. The molecule has 0 spiro atoms. The van der Waals surface area contributed by atoms with E-state index < -0.39 is 9.84 Å². The Morgan fingerprint density at radius 3 is 2.56 bits per heavy atom. The number of aryl methyl sites for hydroxylation is 1. The first-order chi connectivity index (χ1) is 11.8. The first-order valence-corrected chi connectivity index (χ1v) is 10.9. The van der Waals surface area contributed by atoms with E-state index in [0.717, 1.165) is 19.3 Å². The number of rotatable bonds is 5. The number of phenolic OH excluding ortho intramolecular Hbond substituents is 1. The van der Waals surface area contributed by atoms with Crippen molar-refractivity contribution in [2.45, 2.75) is 30.2 Å². The molecule has 3 rings (SSSR count). The van der Waals surface area contributed by atoms with Crippen LogP contribution in [0.1, 0.15) is 17.5 Å². The van der Waals surface area contributed by atoms with Gasteiger partial charge < -0.3 is 5.11 Å². The summed E-state index contributed by atoms with van der Waals surface area (Å²) in [6.07, 6.45) is 2.84. The molecular weight excluding hydrogens is 354 g/mol. The second kappa shape index (κ2) is 7.02. The summed E-state index contributed by atoms with van der Waals surface area (Å²) in [4.78, 5) is 0.376. The maximum Gasteiger partial charge on any atom is 0.193 e. The predicted molar refractivity (Wildman–Crippen MR) is 102 cm³/mol.